The molecule has 5 atom stereocenters. The molecule has 1 saturated carbocycles. The van der Waals surface area contributed by atoms with Crippen molar-refractivity contribution in [1.29, 1.82) is 10.5 Å². The highest BCUT2D eigenvalue weighted by Crippen LogP contribution is 2.47. The lowest BCUT2D eigenvalue weighted by atomic mass is 10.0. The predicted molar refractivity (Wildman–Crippen MR) is 110 cm³/mol. The van der Waals surface area contributed by atoms with Crippen molar-refractivity contribution in [3.8, 4) is 12.1 Å². The van der Waals surface area contributed by atoms with Crippen molar-refractivity contribution in [3.63, 3.8) is 0 Å². The fourth-order valence-corrected chi connectivity index (χ4v) is 5.17. The van der Waals surface area contributed by atoms with Crippen LogP contribution in [0.25, 0.3) is 10.8 Å². The third-order valence-corrected chi connectivity index (χ3v) is 6.76. The van der Waals surface area contributed by atoms with Crippen LogP contribution in [0.3, 0.4) is 0 Å². The molecular weight excluding hydrogens is 381 g/mol. The minimum Gasteiger partial charge on any atom is -0.370 e. The third-order valence-electron chi connectivity index (χ3n) is 6.76. The molecule has 2 aromatic carbocycles. The van der Waals surface area contributed by atoms with Gasteiger partial charge in [-0.3, -0.25) is 4.79 Å². The summed E-state index contributed by atoms with van der Waals surface area (Å²) in [5.74, 6) is 0.763. The van der Waals surface area contributed by atoms with Crippen molar-refractivity contribution in [2.75, 3.05) is 31.1 Å². The number of anilines is 1. The van der Waals surface area contributed by atoms with Gasteiger partial charge in [-0.15, -0.1) is 0 Å². The van der Waals surface area contributed by atoms with Gasteiger partial charge in [0, 0.05) is 42.0 Å². The van der Waals surface area contributed by atoms with Gasteiger partial charge in [-0.2, -0.15) is 10.5 Å². The molecule has 2 saturated heterocycles. The topological polar surface area (TPSA) is 83.2 Å². The molecule has 1 N–H and O–H groups in total. The number of hydrogen-bond acceptors (Lipinski definition) is 5. The first kappa shape index (κ1) is 18.8. The lowest BCUT2D eigenvalue weighted by Gasteiger charge is -2.25. The molecule has 3 fully saturated rings. The number of carbonyl (C=O) groups excluding carboxylic acids is 1. The van der Waals surface area contributed by atoms with Crippen molar-refractivity contribution < 1.29 is 9.18 Å². The molecule has 2 heterocycles. The first-order chi connectivity index (χ1) is 14.6. The van der Waals surface area contributed by atoms with Crippen LogP contribution >= 0.6 is 0 Å². The van der Waals surface area contributed by atoms with E-state index < -0.39 is 12.2 Å². The quantitative estimate of drug-likeness (QED) is 0.846. The number of likely N-dealkylation sites (tertiary alicyclic amines) is 1. The summed E-state index contributed by atoms with van der Waals surface area (Å²) in [5, 5.41) is 23.9. The van der Waals surface area contributed by atoms with E-state index in [-0.39, 0.29) is 25.4 Å². The summed E-state index contributed by atoms with van der Waals surface area (Å²) in [4.78, 5) is 16.1. The SMILES string of the molecule is N#Cc1ccc(N2C[C@@H]3C(NCC(=O)N4C[C@@H](F)C[C@H]4C#N)[C@@H]3C2)c2ccccc12. The molecule has 0 spiro atoms. The van der Waals surface area contributed by atoms with Gasteiger partial charge in [-0.1, -0.05) is 24.3 Å². The van der Waals surface area contributed by atoms with Crippen LogP contribution in [0, 0.1) is 34.5 Å². The second kappa shape index (κ2) is 7.27. The van der Waals surface area contributed by atoms with E-state index >= 15 is 0 Å². The van der Waals surface area contributed by atoms with E-state index in [1.807, 2.05) is 36.4 Å². The van der Waals surface area contributed by atoms with E-state index in [9.17, 15) is 14.4 Å². The Labute approximate surface area is 174 Å². The highest BCUT2D eigenvalue weighted by atomic mass is 19.1. The van der Waals surface area contributed by atoms with E-state index in [2.05, 4.69) is 22.4 Å². The summed E-state index contributed by atoms with van der Waals surface area (Å²) >= 11 is 0. The lowest BCUT2D eigenvalue weighted by Crippen LogP contribution is -2.42. The average molecular weight is 403 g/mol. The molecule has 30 heavy (non-hydrogen) atoms. The Hall–Kier alpha value is -3.16. The number of benzene rings is 2. The first-order valence-electron chi connectivity index (χ1n) is 10.3. The number of carbonyl (C=O) groups is 1. The van der Waals surface area contributed by atoms with E-state index in [4.69, 9.17) is 5.26 Å². The maximum atomic E-state index is 13.5. The maximum absolute atomic E-state index is 13.5. The zero-order chi connectivity index (χ0) is 20.8. The Bertz CT molecular complexity index is 1080. The van der Waals surface area contributed by atoms with Crippen LogP contribution in [0.5, 0.6) is 0 Å². The standard InChI is InChI=1S/C23H22FN5O/c24-15-7-16(9-26)29(11-15)22(30)10-27-23-19-12-28(13-20(19)23)21-6-5-14(8-25)17-3-1-2-4-18(17)21/h1-6,15-16,19-20,23,27H,7,10-13H2/t15-,16-,19-,20+,23?/m0/s1. The zero-order valence-corrected chi connectivity index (χ0v) is 16.5. The van der Waals surface area contributed by atoms with Crippen LogP contribution in [0.1, 0.15) is 12.0 Å². The fourth-order valence-electron chi connectivity index (χ4n) is 5.17. The number of halogens is 1. The second-order valence-corrected chi connectivity index (χ2v) is 8.45. The van der Waals surface area contributed by atoms with E-state index in [1.165, 1.54) is 4.90 Å². The highest BCUT2D eigenvalue weighted by molar-refractivity contribution is 5.98. The molecule has 1 amide bonds. The smallest absolute Gasteiger partial charge is 0.237 e. The van der Waals surface area contributed by atoms with E-state index in [0.29, 0.717) is 23.4 Å². The van der Waals surface area contributed by atoms with Gasteiger partial charge in [-0.25, -0.2) is 4.39 Å². The molecular formula is C23H22FN5O. The number of amides is 1. The number of alkyl halides is 1. The number of nitrogens with zero attached hydrogens (tertiary/aromatic N) is 4. The number of rotatable bonds is 4. The molecule has 5 rings (SSSR count). The monoisotopic (exact) mass is 403 g/mol. The normalized spacial score (nSPS) is 29.5. The summed E-state index contributed by atoms with van der Waals surface area (Å²) in [6.07, 6.45) is -0.987. The number of nitrogens with one attached hydrogen (secondary N) is 1. The number of nitriles is 2. The van der Waals surface area contributed by atoms with Crippen LogP contribution < -0.4 is 10.2 Å². The van der Waals surface area contributed by atoms with Gasteiger partial charge in [-0.05, 0) is 24.0 Å². The van der Waals surface area contributed by atoms with Crippen molar-refractivity contribution in [2.45, 2.75) is 24.7 Å². The van der Waals surface area contributed by atoms with E-state index in [1.54, 1.807) is 0 Å². The van der Waals surface area contributed by atoms with Gasteiger partial charge in [0.2, 0.25) is 5.91 Å². The molecule has 152 valence electrons. The molecule has 0 radical (unpaired) electrons. The predicted octanol–water partition coefficient (Wildman–Crippen LogP) is 2.20. The molecule has 7 heteroatoms. The van der Waals surface area contributed by atoms with Gasteiger partial charge in [0.15, 0.2) is 0 Å². The van der Waals surface area contributed by atoms with Crippen molar-refractivity contribution in [3.05, 3.63) is 42.0 Å². The molecule has 0 bridgehead atoms. The number of hydrogen-bond donors (Lipinski definition) is 1. The highest BCUT2D eigenvalue weighted by Gasteiger charge is 2.55. The zero-order valence-electron chi connectivity index (χ0n) is 16.5. The van der Waals surface area contributed by atoms with Crippen LogP contribution in [0.15, 0.2) is 36.4 Å². The van der Waals surface area contributed by atoms with Crippen molar-refractivity contribution >= 4 is 22.4 Å². The fraction of sp³-hybridized carbons (Fsp3) is 0.435. The summed E-state index contributed by atoms with van der Waals surface area (Å²) in [5.41, 5.74) is 1.83. The Balaban J connectivity index is 1.20. The molecule has 6 nitrogen and oxygen atoms in total. The van der Waals surface area contributed by atoms with Crippen LogP contribution in [0.2, 0.25) is 0 Å². The first-order valence-corrected chi connectivity index (χ1v) is 10.3. The molecule has 1 aliphatic carbocycles. The van der Waals surface area contributed by atoms with Crippen LogP contribution in [-0.2, 0) is 4.79 Å². The Morgan fingerprint density at radius 3 is 2.53 bits per heavy atom. The largest absolute Gasteiger partial charge is 0.370 e. The van der Waals surface area contributed by atoms with Gasteiger partial charge >= 0.3 is 0 Å². The van der Waals surface area contributed by atoms with E-state index in [0.717, 1.165) is 29.5 Å². The number of piperidine rings is 1. The minimum atomic E-state index is -1.10. The van der Waals surface area contributed by atoms with Gasteiger partial charge < -0.3 is 15.1 Å². The molecule has 2 aromatic rings. The summed E-state index contributed by atoms with van der Waals surface area (Å²) < 4.78 is 13.5. The molecule has 1 unspecified atom stereocenters. The molecule has 2 aliphatic heterocycles. The third kappa shape index (κ3) is 3.07. The van der Waals surface area contributed by atoms with Gasteiger partial charge in [0.1, 0.15) is 12.2 Å². The minimum absolute atomic E-state index is 0.0236. The maximum Gasteiger partial charge on any atom is 0.237 e. The summed E-state index contributed by atoms with van der Waals surface area (Å²) in [6.45, 7) is 1.99. The lowest BCUT2D eigenvalue weighted by molar-refractivity contribution is -0.130. The Kier molecular flexibility index (Phi) is 4.56. The van der Waals surface area contributed by atoms with Gasteiger partial charge in [0.05, 0.1) is 30.8 Å². The van der Waals surface area contributed by atoms with Crippen molar-refractivity contribution in [2.24, 2.45) is 11.8 Å². The summed E-state index contributed by atoms with van der Waals surface area (Å²) in [7, 11) is 0. The van der Waals surface area contributed by atoms with Gasteiger partial charge in [0.25, 0.3) is 0 Å². The second-order valence-electron chi connectivity index (χ2n) is 8.45. The molecule has 3 aliphatic rings. The molecule has 0 aromatic heterocycles. The Morgan fingerprint density at radius 2 is 1.83 bits per heavy atom. The summed E-state index contributed by atoms with van der Waals surface area (Å²) in [6, 6.07) is 15.8. The van der Waals surface area contributed by atoms with Crippen molar-refractivity contribution in [1.82, 2.24) is 10.2 Å². The average Bonchev–Trinajstić information content (AvgIpc) is 3.07. The van der Waals surface area contributed by atoms with Crippen LogP contribution in [0.4, 0.5) is 10.1 Å². The van der Waals surface area contributed by atoms with Crippen LogP contribution in [-0.4, -0.2) is 55.2 Å². The number of fused-ring (bicyclic) bond motifs is 2. The Morgan fingerprint density at radius 1 is 1.10 bits per heavy atom.